The average molecular weight is 473 g/mol. The van der Waals surface area contributed by atoms with E-state index in [1.807, 2.05) is 13.0 Å². The molecule has 3 nitrogen and oxygen atoms in total. The number of aliphatic hydroxyl groups excluding tert-OH is 1. The van der Waals surface area contributed by atoms with Crippen molar-refractivity contribution in [1.29, 1.82) is 0 Å². The molecule has 0 amide bonds. The first-order chi connectivity index (χ1) is 14.1. The largest absolute Gasteiger partial charge is 0.511 e. The third-order valence-corrected chi connectivity index (χ3v) is 7.90. The van der Waals surface area contributed by atoms with E-state index in [-0.39, 0.29) is 28.6 Å². The number of halogens is 2. The molecule has 2 aromatic carbocycles. The van der Waals surface area contributed by atoms with Crippen molar-refractivity contribution >= 4 is 27.3 Å². The Hall–Kier alpha value is -2.14. The van der Waals surface area contributed by atoms with Crippen molar-refractivity contribution < 1.29 is 19.0 Å². The molecular formula is C25H26BrFO3. The van der Waals surface area contributed by atoms with Gasteiger partial charge in [-0.15, -0.1) is 0 Å². The fraction of sp³-hybridized carbons (Fsp3) is 0.400. The van der Waals surface area contributed by atoms with Crippen LogP contribution in [0.1, 0.15) is 51.7 Å². The van der Waals surface area contributed by atoms with Gasteiger partial charge in [-0.3, -0.25) is 4.79 Å². The lowest BCUT2D eigenvalue weighted by molar-refractivity contribution is -0.122. The topological polar surface area (TPSA) is 46.5 Å². The number of carbonyl (C=O) groups is 1. The summed E-state index contributed by atoms with van der Waals surface area (Å²) in [6.07, 6.45) is 2.27. The molecule has 2 aliphatic carbocycles. The van der Waals surface area contributed by atoms with Crippen LogP contribution in [0.4, 0.5) is 4.39 Å². The van der Waals surface area contributed by atoms with Crippen molar-refractivity contribution in [3.8, 4) is 11.5 Å². The number of ether oxygens (including phenoxy) is 1. The second kappa shape index (κ2) is 7.23. The summed E-state index contributed by atoms with van der Waals surface area (Å²) in [5.74, 6) is 0.107. The summed E-state index contributed by atoms with van der Waals surface area (Å²) in [5.41, 5.74) is 1.30. The van der Waals surface area contributed by atoms with Crippen molar-refractivity contribution in [1.82, 2.24) is 0 Å². The molecule has 2 aliphatic rings. The molecule has 2 atom stereocenters. The summed E-state index contributed by atoms with van der Waals surface area (Å²) in [7, 11) is 0. The molecule has 5 heteroatoms. The van der Waals surface area contributed by atoms with Gasteiger partial charge >= 0.3 is 0 Å². The Morgan fingerprint density at radius 1 is 1.20 bits per heavy atom. The predicted molar refractivity (Wildman–Crippen MR) is 119 cm³/mol. The average Bonchev–Trinajstić information content (AvgIpc) is 2.87. The third-order valence-electron chi connectivity index (χ3n) is 7.40. The molecule has 0 aromatic heterocycles. The molecule has 158 valence electrons. The van der Waals surface area contributed by atoms with E-state index in [0.717, 1.165) is 18.4 Å². The minimum absolute atomic E-state index is 0.00542. The highest BCUT2D eigenvalue weighted by atomic mass is 79.9. The van der Waals surface area contributed by atoms with Crippen molar-refractivity contribution in [2.45, 2.75) is 47.0 Å². The maximum atomic E-state index is 14.2. The monoisotopic (exact) mass is 472 g/mol. The van der Waals surface area contributed by atoms with E-state index in [1.165, 1.54) is 6.07 Å². The first-order valence-electron chi connectivity index (χ1n) is 10.3. The van der Waals surface area contributed by atoms with Gasteiger partial charge in [0, 0.05) is 15.8 Å². The van der Waals surface area contributed by atoms with Crippen LogP contribution >= 0.6 is 15.9 Å². The zero-order chi connectivity index (χ0) is 21.8. The van der Waals surface area contributed by atoms with Gasteiger partial charge < -0.3 is 9.84 Å². The third kappa shape index (κ3) is 3.01. The molecule has 1 N–H and O–H groups in total. The van der Waals surface area contributed by atoms with E-state index in [2.05, 4.69) is 36.7 Å². The van der Waals surface area contributed by atoms with Crippen molar-refractivity contribution in [2.75, 3.05) is 0 Å². The standard InChI is InChI=1S/C25H26BrFO3/c1-5-14-6-8-16(30-20-9-7-15(26)12-19(20)27)13-17(14)21-22(28)18-10-11-25(4,23(21)29)24(18,2)3/h6-9,12-13,18,29H,5,10-11H2,1-4H3/t18-,25+/m0/s1. The van der Waals surface area contributed by atoms with Crippen LogP contribution in [0.5, 0.6) is 11.5 Å². The normalized spacial score (nSPS) is 25.0. The Morgan fingerprint density at radius 2 is 1.93 bits per heavy atom. The number of ketones is 1. The second-order valence-electron chi connectivity index (χ2n) is 9.08. The number of rotatable bonds is 4. The van der Waals surface area contributed by atoms with Crippen LogP contribution in [0.25, 0.3) is 5.57 Å². The molecule has 0 radical (unpaired) electrons. The number of benzene rings is 2. The molecule has 0 aliphatic heterocycles. The van der Waals surface area contributed by atoms with Crippen LogP contribution in [0.3, 0.4) is 0 Å². The van der Waals surface area contributed by atoms with E-state index >= 15 is 0 Å². The van der Waals surface area contributed by atoms with Gasteiger partial charge in [0.15, 0.2) is 17.3 Å². The smallest absolute Gasteiger partial charge is 0.170 e. The van der Waals surface area contributed by atoms with Crippen LogP contribution in [-0.2, 0) is 11.2 Å². The summed E-state index contributed by atoms with van der Waals surface area (Å²) < 4.78 is 20.7. The van der Waals surface area contributed by atoms with Crippen LogP contribution < -0.4 is 4.74 Å². The fourth-order valence-electron chi connectivity index (χ4n) is 5.06. The first kappa shape index (κ1) is 21.1. The maximum Gasteiger partial charge on any atom is 0.170 e. The molecule has 1 fully saturated rings. The highest BCUT2D eigenvalue weighted by molar-refractivity contribution is 9.10. The minimum Gasteiger partial charge on any atom is -0.511 e. The van der Waals surface area contributed by atoms with Gasteiger partial charge in [-0.2, -0.15) is 0 Å². The number of aliphatic hydroxyl groups is 1. The molecule has 30 heavy (non-hydrogen) atoms. The number of Topliss-reactive ketones (excluding diaryl/α,β-unsaturated/α-hetero) is 1. The van der Waals surface area contributed by atoms with Crippen LogP contribution in [0.2, 0.25) is 0 Å². The molecule has 4 rings (SSSR count). The number of hydrogen-bond acceptors (Lipinski definition) is 3. The molecule has 0 spiro atoms. The highest BCUT2D eigenvalue weighted by Gasteiger charge is 2.61. The fourth-order valence-corrected chi connectivity index (χ4v) is 5.39. The summed E-state index contributed by atoms with van der Waals surface area (Å²) in [6.45, 7) is 8.22. The SMILES string of the molecule is CCc1ccc(Oc2ccc(Br)cc2F)cc1C1=C(O)[C@@]2(C)CC[C@@H](C1=O)C2(C)C. The molecule has 1 saturated carbocycles. The summed E-state index contributed by atoms with van der Waals surface area (Å²) in [5, 5.41) is 11.3. The van der Waals surface area contributed by atoms with Gasteiger partial charge in [-0.05, 0) is 66.1 Å². The summed E-state index contributed by atoms with van der Waals surface area (Å²) >= 11 is 3.24. The van der Waals surface area contributed by atoms with Gasteiger partial charge in [-0.25, -0.2) is 4.39 Å². The van der Waals surface area contributed by atoms with E-state index in [4.69, 9.17) is 4.74 Å². The number of hydrogen-bond donors (Lipinski definition) is 1. The number of aryl methyl sites for hydroxylation is 1. The zero-order valence-corrected chi connectivity index (χ0v) is 19.3. The van der Waals surface area contributed by atoms with Gasteiger partial charge in [0.2, 0.25) is 0 Å². The summed E-state index contributed by atoms with van der Waals surface area (Å²) in [4.78, 5) is 13.5. The Kier molecular flexibility index (Phi) is 5.08. The van der Waals surface area contributed by atoms with E-state index in [0.29, 0.717) is 27.8 Å². The second-order valence-corrected chi connectivity index (χ2v) is 10.00. The lowest BCUT2D eigenvalue weighted by Crippen LogP contribution is -2.43. The molecular weight excluding hydrogens is 447 g/mol. The molecule has 0 heterocycles. The lowest BCUT2D eigenvalue weighted by Gasteiger charge is -2.45. The minimum atomic E-state index is -0.478. The van der Waals surface area contributed by atoms with Gasteiger partial charge in [0.1, 0.15) is 11.5 Å². The van der Waals surface area contributed by atoms with E-state index in [9.17, 15) is 14.3 Å². The van der Waals surface area contributed by atoms with Crippen molar-refractivity contribution in [3.63, 3.8) is 0 Å². The van der Waals surface area contributed by atoms with Crippen LogP contribution in [-0.4, -0.2) is 10.9 Å². The maximum absolute atomic E-state index is 14.2. The van der Waals surface area contributed by atoms with Gasteiger partial charge in [0.05, 0.1) is 5.57 Å². The van der Waals surface area contributed by atoms with Crippen molar-refractivity contribution in [2.24, 2.45) is 16.7 Å². The number of allylic oxidation sites excluding steroid dienone is 2. The molecule has 2 bridgehead atoms. The van der Waals surface area contributed by atoms with Gasteiger partial charge in [-0.1, -0.05) is 49.7 Å². The van der Waals surface area contributed by atoms with Crippen LogP contribution in [0.15, 0.2) is 46.6 Å². The molecule has 0 saturated heterocycles. The highest BCUT2D eigenvalue weighted by Crippen LogP contribution is 2.64. The van der Waals surface area contributed by atoms with Crippen molar-refractivity contribution in [3.05, 3.63) is 63.6 Å². The van der Waals surface area contributed by atoms with E-state index in [1.54, 1.807) is 24.3 Å². The Balaban J connectivity index is 1.82. The molecule has 2 aromatic rings. The molecule has 0 unspecified atom stereocenters. The Bertz CT molecular complexity index is 1070. The van der Waals surface area contributed by atoms with Gasteiger partial charge in [0.25, 0.3) is 0 Å². The Labute approximate surface area is 185 Å². The van der Waals surface area contributed by atoms with Crippen LogP contribution in [0, 0.1) is 22.6 Å². The first-order valence-corrected chi connectivity index (χ1v) is 11.1. The lowest BCUT2D eigenvalue weighted by atomic mass is 9.58. The number of carbonyl (C=O) groups excluding carboxylic acids is 1. The quantitative estimate of drug-likeness (QED) is 0.509. The van der Waals surface area contributed by atoms with E-state index < -0.39 is 11.2 Å². The summed E-state index contributed by atoms with van der Waals surface area (Å²) in [6, 6.07) is 10.0. The Morgan fingerprint density at radius 3 is 2.60 bits per heavy atom. The predicted octanol–water partition coefficient (Wildman–Crippen LogP) is 7.24. The number of fused-ring (bicyclic) bond motifs is 2. The zero-order valence-electron chi connectivity index (χ0n) is 17.7.